The molecule has 1 aromatic heterocycles. The standard InChI is InChI=1S/C15H22N4O2S/c1-5-14-17-18-15(22)19(14)16-9-11-6-7-12(21-10(2)3)13(8-11)20-4/h6-8,10,16H,5,9H2,1-4H3,(H,18,22). The monoisotopic (exact) mass is 322 g/mol. The quantitative estimate of drug-likeness (QED) is 0.767. The van der Waals surface area contributed by atoms with Crippen LogP contribution in [0.5, 0.6) is 11.5 Å². The maximum absolute atomic E-state index is 5.71. The van der Waals surface area contributed by atoms with Crippen LogP contribution in [0.15, 0.2) is 18.2 Å². The summed E-state index contributed by atoms with van der Waals surface area (Å²) in [5.41, 5.74) is 4.33. The van der Waals surface area contributed by atoms with E-state index in [0.29, 0.717) is 11.3 Å². The number of aromatic amines is 1. The molecule has 0 unspecified atom stereocenters. The predicted molar refractivity (Wildman–Crippen MR) is 88.6 cm³/mol. The number of hydrogen-bond donors (Lipinski definition) is 2. The SMILES string of the molecule is CCc1n[nH]c(=S)n1NCc1ccc(OC(C)C)c(OC)c1. The van der Waals surface area contributed by atoms with Crippen LogP contribution >= 0.6 is 12.2 Å². The van der Waals surface area contributed by atoms with Gasteiger partial charge < -0.3 is 14.9 Å². The first-order chi connectivity index (χ1) is 10.5. The molecule has 0 bridgehead atoms. The fourth-order valence-electron chi connectivity index (χ4n) is 2.07. The minimum Gasteiger partial charge on any atom is -0.493 e. The average Bonchev–Trinajstić information content (AvgIpc) is 2.86. The zero-order valence-electron chi connectivity index (χ0n) is 13.3. The molecule has 7 heteroatoms. The summed E-state index contributed by atoms with van der Waals surface area (Å²) in [5, 5.41) is 6.95. The molecule has 0 atom stereocenters. The second kappa shape index (κ2) is 7.31. The summed E-state index contributed by atoms with van der Waals surface area (Å²) >= 11 is 5.21. The number of nitrogens with one attached hydrogen (secondary N) is 2. The fourth-order valence-corrected chi connectivity index (χ4v) is 2.29. The molecular formula is C15H22N4O2S. The van der Waals surface area contributed by atoms with Crippen molar-refractivity contribution < 1.29 is 9.47 Å². The van der Waals surface area contributed by atoms with E-state index >= 15 is 0 Å². The van der Waals surface area contributed by atoms with Gasteiger partial charge in [-0.3, -0.25) is 5.10 Å². The van der Waals surface area contributed by atoms with E-state index in [1.807, 2.05) is 39.0 Å². The Morgan fingerprint density at radius 1 is 1.36 bits per heavy atom. The summed E-state index contributed by atoms with van der Waals surface area (Å²) in [6, 6.07) is 5.88. The lowest BCUT2D eigenvalue weighted by Gasteiger charge is -2.15. The number of nitrogens with zero attached hydrogens (tertiary/aromatic N) is 2. The van der Waals surface area contributed by atoms with Crippen LogP contribution in [0.2, 0.25) is 0 Å². The molecular weight excluding hydrogens is 300 g/mol. The van der Waals surface area contributed by atoms with E-state index in [9.17, 15) is 0 Å². The second-order valence-electron chi connectivity index (χ2n) is 5.12. The number of aryl methyl sites for hydroxylation is 1. The van der Waals surface area contributed by atoms with Crippen LogP contribution in [0.1, 0.15) is 32.2 Å². The smallest absolute Gasteiger partial charge is 0.214 e. The van der Waals surface area contributed by atoms with Gasteiger partial charge in [0.25, 0.3) is 0 Å². The zero-order valence-corrected chi connectivity index (χ0v) is 14.2. The lowest BCUT2D eigenvalue weighted by Crippen LogP contribution is -2.17. The molecule has 0 saturated heterocycles. The molecule has 1 heterocycles. The maximum Gasteiger partial charge on any atom is 0.214 e. The van der Waals surface area contributed by atoms with Gasteiger partial charge in [0.1, 0.15) is 0 Å². The number of ether oxygens (including phenoxy) is 2. The van der Waals surface area contributed by atoms with Gasteiger partial charge in [-0.25, -0.2) is 4.68 Å². The fraction of sp³-hybridized carbons (Fsp3) is 0.467. The van der Waals surface area contributed by atoms with Gasteiger partial charge in [-0.2, -0.15) is 5.10 Å². The number of methoxy groups -OCH3 is 1. The van der Waals surface area contributed by atoms with Crippen LogP contribution in [-0.4, -0.2) is 28.1 Å². The molecule has 0 spiro atoms. The van der Waals surface area contributed by atoms with E-state index in [2.05, 4.69) is 15.6 Å². The molecule has 0 aliphatic rings. The van der Waals surface area contributed by atoms with Crippen molar-refractivity contribution in [1.29, 1.82) is 0 Å². The molecule has 2 N–H and O–H groups in total. The Morgan fingerprint density at radius 3 is 2.77 bits per heavy atom. The Balaban J connectivity index is 2.13. The molecule has 0 saturated carbocycles. The summed E-state index contributed by atoms with van der Waals surface area (Å²) in [7, 11) is 1.64. The van der Waals surface area contributed by atoms with Crippen LogP contribution in [0, 0.1) is 4.77 Å². The minimum absolute atomic E-state index is 0.106. The van der Waals surface area contributed by atoms with Crippen LogP contribution in [0.3, 0.4) is 0 Å². The van der Waals surface area contributed by atoms with Crippen molar-refractivity contribution in [3.63, 3.8) is 0 Å². The number of rotatable bonds is 7. The maximum atomic E-state index is 5.71. The van der Waals surface area contributed by atoms with Gasteiger partial charge in [0.15, 0.2) is 17.3 Å². The van der Waals surface area contributed by atoms with E-state index in [1.54, 1.807) is 11.8 Å². The lowest BCUT2D eigenvalue weighted by molar-refractivity contribution is 0.230. The average molecular weight is 322 g/mol. The summed E-state index contributed by atoms with van der Waals surface area (Å²) < 4.78 is 13.5. The molecule has 2 aromatic rings. The van der Waals surface area contributed by atoms with Gasteiger partial charge in [0.2, 0.25) is 4.77 Å². The summed E-state index contributed by atoms with van der Waals surface area (Å²) in [5.74, 6) is 2.34. The molecule has 120 valence electrons. The molecule has 2 rings (SSSR count). The predicted octanol–water partition coefficient (Wildman–Crippen LogP) is 3.04. The van der Waals surface area contributed by atoms with Crippen molar-refractivity contribution >= 4 is 12.2 Å². The molecule has 6 nitrogen and oxygen atoms in total. The topological polar surface area (TPSA) is 64.1 Å². The van der Waals surface area contributed by atoms with E-state index in [-0.39, 0.29) is 6.10 Å². The highest BCUT2D eigenvalue weighted by Crippen LogP contribution is 2.29. The third-order valence-electron chi connectivity index (χ3n) is 3.09. The Bertz CT molecular complexity index is 678. The second-order valence-corrected chi connectivity index (χ2v) is 5.51. The number of aromatic nitrogens is 3. The minimum atomic E-state index is 0.106. The third-order valence-corrected chi connectivity index (χ3v) is 3.36. The summed E-state index contributed by atoms with van der Waals surface area (Å²) in [6.07, 6.45) is 0.902. The first kappa shape index (κ1) is 16.4. The van der Waals surface area contributed by atoms with Crippen LogP contribution in [-0.2, 0) is 13.0 Å². The lowest BCUT2D eigenvalue weighted by atomic mass is 10.2. The van der Waals surface area contributed by atoms with Gasteiger partial charge in [0, 0.05) is 6.42 Å². The number of H-pyrrole nitrogens is 1. The molecule has 22 heavy (non-hydrogen) atoms. The van der Waals surface area contributed by atoms with E-state index in [1.165, 1.54) is 0 Å². The molecule has 0 amide bonds. The molecule has 0 aliphatic heterocycles. The van der Waals surface area contributed by atoms with Gasteiger partial charge >= 0.3 is 0 Å². The first-order valence-corrected chi connectivity index (χ1v) is 7.69. The highest BCUT2D eigenvalue weighted by atomic mass is 32.1. The number of hydrogen-bond acceptors (Lipinski definition) is 5. The molecule has 0 aliphatic carbocycles. The van der Waals surface area contributed by atoms with Crippen molar-refractivity contribution in [2.24, 2.45) is 0 Å². The molecule has 1 aromatic carbocycles. The normalized spacial score (nSPS) is 10.8. The molecule has 0 radical (unpaired) electrons. The van der Waals surface area contributed by atoms with Crippen molar-refractivity contribution in [3.8, 4) is 11.5 Å². The third kappa shape index (κ3) is 3.79. The van der Waals surface area contributed by atoms with Crippen LogP contribution in [0.25, 0.3) is 0 Å². The zero-order chi connectivity index (χ0) is 16.1. The highest BCUT2D eigenvalue weighted by molar-refractivity contribution is 7.71. The first-order valence-electron chi connectivity index (χ1n) is 7.28. The Morgan fingerprint density at radius 2 is 2.14 bits per heavy atom. The van der Waals surface area contributed by atoms with Gasteiger partial charge in [0.05, 0.1) is 19.8 Å². The van der Waals surface area contributed by atoms with Crippen molar-refractivity contribution in [1.82, 2.24) is 14.9 Å². The summed E-state index contributed by atoms with van der Waals surface area (Å²) in [4.78, 5) is 0. The molecule has 0 fully saturated rings. The number of benzene rings is 1. The Hall–Kier alpha value is -2.02. The van der Waals surface area contributed by atoms with Crippen LogP contribution < -0.4 is 14.9 Å². The summed E-state index contributed by atoms with van der Waals surface area (Å²) in [6.45, 7) is 6.62. The highest BCUT2D eigenvalue weighted by Gasteiger charge is 2.08. The van der Waals surface area contributed by atoms with Crippen molar-refractivity contribution in [2.45, 2.75) is 39.8 Å². The Kier molecular flexibility index (Phi) is 5.43. The van der Waals surface area contributed by atoms with E-state index in [4.69, 9.17) is 21.7 Å². The Labute approximate surface area is 135 Å². The van der Waals surface area contributed by atoms with Gasteiger partial charge in [-0.05, 0) is 43.8 Å². The van der Waals surface area contributed by atoms with E-state index < -0.39 is 0 Å². The van der Waals surface area contributed by atoms with E-state index in [0.717, 1.165) is 29.3 Å². The van der Waals surface area contributed by atoms with Gasteiger partial charge in [-0.1, -0.05) is 13.0 Å². The van der Waals surface area contributed by atoms with Gasteiger partial charge in [-0.15, -0.1) is 0 Å². The van der Waals surface area contributed by atoms with Crippen molar-refractivity contribution in [3.05, 3.63) is 34.4 Å². The van der Waals surface area contributed by atoms with Crippen LogP contribution in [0.4, 0.5) is 0 Å². The van der Waals surface area contributed by atoms with Crippen molar-refractivity contribution in [2.75, 3.05) is 12.5 Å². The largest absolute Gasteiger partial charge is 0.493 e.